The molecule has 1 aliphatic heterocycles. The normalized spacial score (nSPS) is 25.6. The van der Waals surface area contributed by atoms with Crippen LogP contribution in [-0.4, -0.2) is 38.4 Å². The summed E-state index contributed by atoms with van der Waals surface area (Å²) in [5.41, 5.74) is 0.126. The molecule has 2 fully saturated rings. The van der Waals surface area contributed by atoms with Crippen LogP contribution >= 0.6 is 0 Å². The second-order valence-corrected chi connectivity index (χ2v) is 4.55. The lowest BCUT2D eigenvalue weighted by molar-refractivity contribution is -0.0648. The minimum Gasteiger partial charge on any atom is -0.371 e. The fourth-order valence-corrected chi connectivity index (χ4v) is 1.58. The Bertz CT molecular complexity index is 164. The zero-order valence-electron chi connectivity index (χ0n) is 8.44. The van der Waals surface area contributed by atoms with Crippen LogP contribution in [0.25, 0.3) is 0 Å². The van der Waals surface area contributed by atoms with Crippen molar-refractivity contribution >= 4 is 0 Å². The molecule has 2 aliphatic rings. The minimum atomic E-state index is 0.126. The lowest BCUT2D eigenvalue weighted by Crippen LogP contribution is -2.59. The molecule has 0 aromatic carbocycles. The fourth-order valence-electron chi connectivity index (χ4n) is 1.58. The molecule has 0 bridgehead atoms. The van der Waals surface area contributed by atoms with Crippen LogP contribution in [0.5, 0.6) is 0 Å². The van der Waals surface area contributed by atoms with Gasteiger partial charge < -0.3 is 15.4 Å². The molecule has 3 nitrogen and oxygen atoms in total. The van der Waals surface area contributed by atoms with Crippen molar-refractivity contribution < 1.29 is 4.74 Å². The fraction of sp³-hybridized carbons (Fsp3) is 1.00. The SMILES string of the molecule is CC1(OCCNCC2CC2)CNC1. The first-order valence-electron chi connectivity index (χ1n) is 5.34. The molecule has 0 radical (unpaired) electrons. The van der Waals surface area contributed by atoms with E-state index in [1.54, 1.807) is 0 Å². The van der Waals surface area contributed by atoms with Gasteiger partial charge in [-0.15, -0.1) is 0 Å². The van der Waals surface area contributed by atoms with Gasteiger partial charge in [0.15, 0.2) is 0 Å². The third-order valence-electron chi connectivity index (χ3n) is 2.86. The lowest BCUT2D eigenvalue weighted by atomic mass is 10.0. The van der Waals surface area contributed by atoms with Crippen molar-refractivity contribution in [2.75, 3.05) is 32.8 Å². The monoisotopic (exact) mass is 184 g/mol. The molecule has 1 heterocycles. The van der Waals surface area contributed by atoms with Crippen LogP contribution in [0.15, 0.2) is 0 Å². The third-order valence-corrected chi connectivity index (χ3v) is 2.86. The van der Waals surface area contributed by atoms with Gasteiger partial charge in [-0.1, -0.05) is 0 Å². The van der Waals surface area contributed by atoms with Crippen molar-refractivity contribution in [3.63, 3.8) is 0 Å². The molecule has 13 heavy (non-hydrogen) atoms. The van der Waals surface area contributed by atoms with Gasteiger partial charge in [0.1, 0.15) is 0 Å². The molecule has 0 atom stereocenters. The molecule has 2 rings (SSSR count). The number of ether oxygens (including phenoxy) is 1. The summed E-state index contributed by atoms with van der Waals surface area (Å²) in [6, 6.07) is 0. The second kappa shape index (κ2) is 3.95. The van der Waals surface area contributed by atoms with Crippen LogP contribution in [0.2, 0.25) is 0 Å². The molecule has 0 aromatic heterocycles. The third kappa shape index (κ3) is 2.93. The van der Waals surface area contributed by atoms with Crippen LogP contribution in [0.1, 0.15) is 19.8 Å². The molecule has 1 aliphatic carbocycles. The van der Waals surface area contributed by atoms with Gasteiger partial charge in [0, 0.05) is 19.6 Å². The maximum absolute atomic E-state index is 5.74. The summed E-state index contributed by atoms with van der Waals surface area (Å²) < 4.78 is 5.74. The highest BCUT2D eigenvalue weighted by atomic mass is 16.5. The molecular weight excluding hydrogens is 164 g/mol. The zero-order valence-corrected chi connectivity index (χ0v) is 8.44. The van der Waals surface area contributed by atoms with Crippen molar-refractivity contribution in [1.82, 2.24) is 10.6 Å². The van der Waals surface area contributed by atoms with E-state index in [9.17, 15) is 0 Å². The van der Waals surface area contributed by atoms with Crippen LogP contribution in [0.3, 0.4) is 0 Å². The van der Waals surface area contributed by atoms with Crippen molar-refractivity contribution in [3.8, 4) is 0 Å². The highest BCUT2D eigenvalue weighted by Gasteiger charge is 2.32. The van der Waals surface area contributed by atoms with Crippen molar-refractivity contribution in [1.29, 1.82) is 0 Å². The van der Waals surface area contributed by atoms with Crippen LogP contribution in [-0.2, 0) is 4.74 Å². The van der Waals surface area contributed by atoms with Gasteiger partial charge in [0.25, 0.3) is 0 Å². The van der Waals surface area contributed by atoms with Crippen LogP contribution in [0.4, 0.5) is 0 Å². The first-order chi connectivity index (χ1) is 6.29. The van der Waals surface area contributed by atoms with Gasteiger partial charge in [-0.2, -0.15) is 0 Å². The van der Waals surface area contributed by atoms with Gasteiger partial charge in [-0.3, -0.25) is 0 Å². The molecule has 0 unspecified atom stereocenters. The summed E-state index contributed by atoms with van der Waals surface area (Å²) in [4.78, 5) is 0. The molecule has 1 saturated carbocycles. The van der Waals surface area contributed by atoms with Gasteiger partial charge in [-0.05, 0) is 32.2 Å². The van der Waals surface area contributed by atoms with E-state index in [2.05, 4.69) is 17.6 Å². The first kappa shape index (κ1) is 9.44. The smallest absolute Gasteiger partial charge is 0.0902 e. The lowest BCUT2D eigenvalue weighted by Gasteiger charge is -2.39. The number of rotatable bonds is 6. The summed E-state index contributed by atoms with van der Waals surface area (Å²) in [5.74, 6) is 0.973. The molecule has 1 saturated heterocycles. The molecule has 0 amide bonds. The van der Waals surface area contributed by atoms with E-state index in [4.69, 9.17) is 4.74 Å². The molecule has 2 N–H and O–H groups in total. The zero-order chi connectivity index (χ0) is 9.15. The van der Waals surface area contributed by atoms with Crippen LogP contribution in [0, 0.1) is 5.92 Å². The van der Waals surface area contributed by atoms with Gasteiger partial charge in [0.2, 0.25) is 0 Å². The van der Waals surface area contributed by atoms with E-state index in [0.717, 1.165) is 32.2 Å². The highest BCUT2D eigenvalue weighted by molar-refractivity contribution is 4.90. The Labute approximate surface area is 80.2 Å². The largest absolute Gasteiger partial charge is 0.371 e. The maximum Gasteiger partial charge on any atom is 0.0902 e. The average Bonchev–Trinajstić information content (AvgIpc) is 2.84. The minimum absolute atomic E-state index is 0.126. The summed E-state index contributed by atoms with van der Waals surface area (Å²) >= 11 is 0. The topological polar surface area (TPSA) is 33.3 Å². The Morgan fingerprint density at radius 3 is 2.77 bits per heavy atom. The quantitative estimate of drug-likeness (QED) is 0.585. The Kier molecular flexibility index (Phi) is 2.86. The van der Waals surface area contributed by atoms with E-state index >= 15 is 0 Å². The Morgan fingerprint density at radius 1 is 1.46 bits per heavy atom. The molecule has 3 heteroatoms. The summed E-state index contributed by atoms with van der Waals surface area (Å²) in [6.45, 7) is 7.24. The number of hydrogen-bond donors (Lipinski definition) is 2. The number of hydrogen-bond acceptors (Lipinski definition) is 3. The van der Waals surface area contributed by atoms with Gasteiger partial charge in [0.05, 0.1) is 12.2 Å². The van der Waals surface area contributed by atoms with E-state index in [1.807, 2.05) is 0 Å². The summed E-state index contributed by atoms with van der Waals surface area (Å²) in [5, 5.41) is 6.65. The van der Waals surface area contributed by atoms with Crippen molar-refractivity contribution in [2.45, 2.75) is 25.4 Å². The standard InChI is InChI=1S/C10H20N2O/c1-10(7-12-8-10)13-5-4-11-6-9-2-3-9/h9,11-12H,2-8H2,1H3. The first-order valence-corrected chi connectivity index (χ1v) is 5.34. The van der Waals surface area contributed by atoms with E-state index < -0.39 is 0 Å². The Morgan fingerprint density at radius 2 is 2.23 bits per heavy atom. The van der Waals surface area contributed by atoms with Crippen LogP contribution < -0.4 is 10.6 Å². The predicted octanol–water partition coefficient (Wildman–Crippen LogP) is 0.364. The average molecular weight is 184 g/mol. The molecule has 0 aromatic rings. The Hall–Kier alpha value is -0.120. The van der Waals surface area contributed by atoms with Crippen molar-refractivity contribution in [3.05, 3.63) is 0 Å². The molecular formula is C10H20N2O. The molecule has 0 spiro atoms. The van der Waals surface area contributed by atoms with Gasteiger partial charge in [-0.25, -0.2) is 0 Å². The van der Waals surface area contributed by atoms with E-state index in [0.29, 0.717) is 0 Å². The van der Waals surface area contributed by atoms with E-state index in [1.165, 1.54) is 19.4 Å². The second-order valence-electron chi connectivity index (χ2n) is 4.55. The Balaban J connectivity index is 1.43. The maximum atomic E-state index is 5.74. The number of nitrogens with one attached hydrogen (secondary N) is 2. The summed E-state index contributed by atoms with van der Waals surface area (Å²) in [6.07, 6.45) is 2.85. The summed E-state index contributed by atoms with van der Waals surface area (Å²) in [7, 11) is 0. The van der Waals surface area contributed by atoms with Gasteiger partial charge >= 0.3 is 0 Å². The molecule has 76 valence electrons. The highest BCUT2D eigenvalue weighted by Crippen LogP contribution is 2.27. The van der Waals surface area contributed by atoms with Crippen molar-refractivity contribution in [2.24, 2.45) is 5.92 Å². The predicted molar refractivity (Wildman–Crippen MR) is 52.8 cm³/mol. The van der Waals surface area contributed by atoms with E-state index in [-0.39, 0.29) is 5.60 Å².